The molecule has 1 fully saturated rings. The molecular weight excluding hydrogens is 390 g/mol. The number of hydrogen-bond donors (Lipinski definition) is 2. The zero-order valence-corrected chi connectivity index (χ0v) is 16.9. The number of piperazine rings is 1. The van der Waals surface area contributed by atoms with Crippen LogP contribution >= 0.6 is 0 Å². The van der Waals surface area contributed by atoms with Gasteiger partial charge in [0.05, 0.1) is 11.9 Å². The third kappa shape index (κ3) is 3.05. The van der Waals surface area contributed by atoms with E-state index in [1.807, 2.05) is 29.3 Å². The number of pyridine rings is 1. The highest BCUT2D eigenvalue weighted by molar-refractivity contribution is 5.96. The summed E-state index contributed by atoms with van der Waals surface area (Å²) in [6, 6.07) is 12.1. The second-order valence-corrected chi connectivity index (χ2v) is 7.95. The molecule has 1 amide bonds. The van der Waals surface area contributed by atoms with Crippen LogP contribution in [0.3, 0.4) is 0 Å². The van der Waals surface area contributed by atoms with Crippen molar-refractivity contribution in [3.63, 3.8) is 0 Å². The molecule has 0 bridgehead atoms. The number of carbonyl (C=O) groups excluding carboxylic acids is 1. The molecule has 2 aliphatic rings. The summed E-state index contributed by atoms with van der Waals surface area (Å²) >= 11 is 0. The molecule has 1 saturated heterocycles. The van der Waals surface area contributed by atoms with Crippen LogP contribution in [0, 0.1) is 0 Å². The Hall–Kier alpha value is -3.71. The van der Waals surface area contributed by atoms with E-state index in [9.17, 15) is 4.79 Å². The van der Waals surface area contributed by atoms with Crippen LogP contribution in [-0.2, 0) is 6.42 Å². The van der Waals surface area contributed by atoms with Crippen molar-refractivity contribution in [2.75, 3.05) is 26.2 Å². The number of carbonyl (C=O) groups is 1. The standard InChI is InChI=1S/C24H21N5O2/c30-24(29-9-7-26-8-10-29)21-13-20(23(31-21)15-3-5-25-6-4-15)16-1-2-19-17(11-16)12-18-14-27-28-22(18)19/h1-6,11,13-14,26H,7-10,12H2,(H,27,28). The lowest BCUT2D eigenvalue weighted by Crippen LogP contribution is -2.46. The lowest BCUT2D eigenvalue weighted by molar-refractivity contribution is 0.0704. The predicted molar refractivity (Wildman–Crippen MR) is 117 cm³/mol. The van der Waals surface area contributed by atoms with Crippen LogP contribution in [0.15, 0.2) is 59.4 Å². The van der Waals surface area contributed by atoms with Gasteiger partial charge in [-0.05, 0) is 29.3 Å². The second kappa shape index (κ2) is 7.21. The van der Waals surface area contributed by atoms with Gasteiger partial charge in [-0.25, -0.2) is 0 Å². The zero-order chi connectivity index (χ0) is 20.8. The molecule has 31 heavy (non-hydrogen) atoms. The fourth-order valence-electron chi connectivity index (χ4n) is 4.49. The van der Waals surface area contributed by atoms with Gasteiger partial charge in [-0.2, -0.15) is 5.10 Å². The van der Waals surface area contributed by atoms with Crippen LogP contribution in [0.25, 0.3) is 33.7 Å². The number of benzene rings is 1. The van der Waals surface area contributed by atoms with E-state index >= 15 is 0 Å². The molecule has 7 nitrogen and oxygen atoms in total. The molecule has 1 aliphatic carbocycles. The predicted octanol–water partition coefficient (Wildman–Crippen LogP) is 3.35. The molecule has 0 atom stereocenters. The van der Waals surface area contributed by atoms with Gasteiger partial charge in [0.1, 0.15) is 5.76 Å². The van der Waals surface area contributed by atoms with Gasteiger partial charge >= 0.3 is 0 Å². The number of aromatic nitrogens is 3. The highest BCUT2D eigenvalue weighted by atomic mass is 16.4. The smallest absolute Gasteiger partial charge is 0.289 e. The Morgan fingerprint density at radius 1 is 0.968 bits per heavy atom. The monoisotopic (exact) mass is 411 g/mol. The third-order valence-electron chi connectivity index (χ3n) is 6.07. The van der Waals surface area contributed by atoms with E-state index in [1.165, 1.54) is 16.7 Å². The molecule has 0 saturated carbocycles. The third-order valence-corrected chi connectivity index (χ3v) is 6.07. The Labute approximate surface area is 179 Å². The second-order valence-electron chi connectivity index (χ2n) is 7.95. The maximum atomic E-state index is 13.1. The average molecular weight is 411 g/mol. The summed E-state index contributed by atoms with van der Waals surface area (Å²) in [5, 5.41) is 10.5. The summed E-state index contributed by atoms with van der Waals surface area (Å²) in [7, 11) is 0. The highest BCUT2D eigenvalue weighted by Crippen LogP contribution is 2.40. The van der Waals surface area contributed by atoms with Crippen molar-refractivity contribution in [2.45, 2.75) is 6.42 Å². The summed E-state index contributed by atoms with van der Waals surface area (Å²) in [5.41, 5.74) is 7.59. The van der Waals surface area contributed by atoms with Gasteiger partial charge in [0.15, 0.2) is 5.76 Å². The minimum atomic E-state index is -0.0646. The Morgan fingerprint density at radius 3 is 2.65 bits per heavy atom. The topological polar surface area (TPSA) is 87.0 Å². The number of nitrogens with one attached hydrogen (secondary N) is 2. The summed E-state index contributed by atoms with van der Waals surface area (Å²) in [6.07, 6.45) is 6.22. The van der Waals surface area contributed by atoms with Gasteiger partial charge in [-0.15, -0.1) is 0 Å². The number of furan rings is 1. The van der Waals surface area contributed by atoms with Crippen LogP contribution in [0.1, 0.15) is 21.7 Å². The number of rotatable bonds is 3. The number of H-pyrrole nitrogens is 1. The molecule has 0 radical (unpaired) electrons. The van der Waals surface area contributed by atoms with Gasteiger partial charge in [-0.1, -0.05) is 18.2 Å². The van der Waals surface area contributed by atoms with E-state index < -0.39 is 0 Å². The fourth-order valence-corrected chi connectivity index (χ4v) is 4.49. The van der Waals surface area contributed by atoms with Crippen molar-refractivity contribution in [3.05, 3.63) is 71.9 Å². The quantitative estimate of drug-likeness (QED) is 0.475. The summed E-state index contributed by atoms with van der Waals surface area (Å²) in [6.45, 7) is 2.97. The first-order valence-corrected chi connectivity index (χ1v) is 10.5. The number of aromatic amines is 1. The van der Waals surface area contributed by atoms with Gasteiger partial charge in [-0.3, -0.25) is 14.9 Å². The maximum Gasteiger partial charge on any atom is 0.289 e. The van der Waals surface area contributed by atoms with E-state index in [2.05, 4.69) is 38.7 Å². The van der Waals surface area contributed by atoms with Crippen LogP contribution in [0.2, 0.25) is 0 Å². The fraction of sp³-hybridized carbons (Fsp3) is 0.208. The molecule has 4 aromatic rings. The molecule has 1 aliphatic heterocycles. The first-order chi connectivity index (χ1) is 15.3. The van der Waals surface area contributed by atoms with E-state index in [4.69, 9.17) is 4.42 Å². The van der Waals surface area contributed by atoms with Crippen molar-refractivity contribution in [1.82, 2.24) is 25.4 Å². The SMILES string of the molecule is O=C(c1cc(-c2ccc3c(c2)Cc2cn[nH]c2-3)c(-c2ccncc2)o1)N1CCNCC1. The van der Waals surface area contributed by atoms with Crippen LogP contribution in [0.5, 0.6) is 0 Å². The van der Waals surface area contributed by atoms with Gasteiger partial charge in [0.2, 0.25) is 0 Å². The van der Waals surface area contributed by atoms with Crippen molar-refractivity contribution >= 4 is 5.91 Å². The molecule has 2 N–H and O–H groups in total. The van der Waals surface area contributed by atoms with Gasteiger partial charge in [0.25, 0.3) is 5.91 Å². The Balaban J connectivity index is 1.44. The number of hydrogen-bond acceptors (Lipinski definition) is 5. The van der Waals surface area contributed by atoms with E-state index in [1.54, 1.807) is 12.4 Å². The van der Waals surface area contributed by atoms with Crippen molar-refractivity contribution in [2.24, 2.45) is 0 Å². The highest BCUT2D eigenvalue weighted by Gasteiger charge is 2.26. The Morgan fingerprint density at radius 2 is 1.81 bits per heavy atom. The molecule has 154 valence electrons. The lowest BCUT2D eigenvalue weighted by Gasteiger charge is -2.26. The summed E-state index contributed by atoms with van der Waals surface area (Å²) in [4.78, 5) is 19.1. The molecule has 7 heteroatoms. The lowest BCUT2D eigenvalue weighted by atomic mass is 9.98. The van der Waals surface area contributed by atoms with Crippen LogP contribution < -0.4 is 5.32 Å². The molecule has 6 rings (SSSR count). The zero-order valence-electron chi connectivity index (χ0n) is 16.9. The van der Waals surface area contributed by atoms with Crippen molar-refractivity contribution in [1.29, 1.82) is 0 Å². The summed E-state index contributed by atoms with van der Waals surface area (Å²) < 4.78 is 6.18. The van der Waals surface area contributed by atoms with E-state index in [0.29, 0.717) is 24.6 Å². The average Bonchev–Trinajstić information content (AvgIpc) is 3.54. The van der Waals surface area contributed by atoms with Gasteiger partial charge in [0, 0.05) is 67.2 Å². The number of fused-ring (bicyclic) bond motifs is 3. The van der Waals surface area contributed by atoms with Crippen LogP contribution in [0.4, 0.5) is 0 Å². The normalized spacial score (nSPS) is 15.0. The summed E-state index contributed by atoms with van der Waals surface area (Å²) in [5.74, 6) is 1.00. The molecule has 4 heterocycles. The number of amides is 1. The minimum Gasteiger partial charge on any atom is -0.450 e. The molecule has 3 aromatic heterocycles. The minimum absolute atomic E-state index is 0.0646. The van der Waals surface area contributed by atoms with E-state index in [0.717, 1.165) is 41.9 Å². The first-order valence-electron chi connectivity index (χ1n) is 10.5. The van der Waals surface area contributed by atoms with Gasteiger partial charge < -0.3 is 14.6 Å². The largest absolute Gasteiger partial charge is 0.450 e. The number of nitrogens with zero attached hydrogens (tertiary/aromatic N) is 3. The van der Waals surface area contributed by atoms with Crippen molar-refractivity contribution in [3.8, 4) is 33.7 Å². The Bertz CT molecular complexity index is 1270. The van der Waals surface area contributed by atoms with Crippen LogP contribution in [-0.4, -0.2) is 52.2 Å². The molecule has 0 unspecified atom stereocenters. The molecule has 0 spiro atoms. The van der Waals surface area contributed by atoms with E-state index in [-0.39, 0.29) is 5.91 Å². The first kappa shape index (κ1) is 18.1. The molecular formula is C24H21N5O2. The van der Waals surface area contributed by atoms with Crippen molar-refractivity contribution < 1.29 is 9.21 Å². The Kier molecular flexibility index (Phi) is 4.21. The maximum absolute atomic E-state index is 13.1. The molecule has 1 aromatic carbocycles.